The number of fused-ring (bicyclic) bond motifs is 6. The number of aromatic nitrogens is 9. The van der Waals surface area contributed by atoms with E-state index in [0.717, 1.165) is 33.6 Å². The first kappa shape index (κ1) is 50.0. The summed E-state index contributed by atoms with van der Waals surface area (Å²) in [7, 11) is 3.19. The Labute approximate surface area is 430 Å². The maximum absolute atomic E-state index is 14.5. The van der Waals surface area contributed by atoms with Crippen molar-refractivity contribution in [2.75, 3.05) is 27.4 Å². The molecule has 75 heavy (non-hydrogen) atoms. The van der Waals surface area contributed by atoms with E-state index in [1.54, 1.807) is 54.4 Å². The largest absolute Gasteiger partial charge is 0.496 e. The van der Waals surface area contributed by atoms with E-state index in [2.05, 4.69) is 15.1 Å². The Hall–Kier alpha value is -8.51. The predicted molar refractivity (Wildman–Crippen MR) is 284 cm³/mol. The van der Waals surface area contributed by atoms with Gasteiger partial charge in [-0.3, -0.25) is 47.8 Å². The molecule has 0 bridgehead atoms. The minimum atomic E-state index is -0.488. The number of imidazole rings is 2. The lowest BCUT2D eigenvalue weighted by Crippen LogP contribution is -2.29. The number of nitrogens with zero attached hydrogens (tertiary/aromatic N) is 9. The molecule has 0 aliphatic rings. The number of carbonyl (C=O) groups is 2. The molecule has 0 spiro atoms. The fraction of sp³-hybridized carbons (Fsp3) is 0.316. The number of hydrogen-bond acceptors (Lipinski definition) is 14. The van der Waals surface area contributed by atoms with Gasteiger partial charge >= 0.3 is 11.4 Å². The maximum Gasteiger partial charge on any atom is 0.330 e. The smallest absolute Gasteiger partial charge is 0.330 e. The Morgan fingerprint density at radius 2 is 1.13 bits per heavy atom. The van der Waals surface area contributed by atoms with Gasteiger partial charge in [0, 0.05) is 65.9 Å². The molecule has 8 heterocycles. The van der Waals surface area contributed by atoms with E-state index in [1.165, 1.54) is 9.13 Å². The Balaban J connectivity index is 0.822. The van der Waals surface area contributed by atoms with Crippen LogP contribution >= 0.6 is 0 Å². The molecule has 0 fully saturated rings. The highest BCUT2D eigenvalue weighted by molar-refractivity contribution is 6.06. The summed E-state index contributed by atoms with van der Waals surface area (Å²) >= 11 is 0. The fourth-order valence-corrected chi connectivity index (χ4v) is 10.4. The molecule has 18 nitrogen and oxygen atoms in total. The molecule has 18 heteroatoms. The van der Waals surface area contributed by atoms with Crippen LogP contribution in [-0.4, -0.2) is 82.4 Å². The molecular formula is C57H57N9O9. The lowest BCUT2D eigenvalue weighted by Gasteiger charge is -2.15. The van der Waals surface area contributed by atoms with E-state index in [9.17, 15) is 19.2 Å². The average Bonchev–Trinajstić information content (AvgIpc) is 4.12. The monoisotopic (exact) mass is 1010 g/mol. The van der Waals surface area contributed by atoms with Crippen molar-refractivity contribution < 1.29 is 32.7 Å². The summed E-state index contributed by atoms with van der Waals surface area (Å²) in [6, 6.07) is 17.8. The average molecular weight is 1010 g/mol. The highest BCUT2D eigenvalue weighted by atomic mass is 16.5. The van der Waals surface area contributed by atoms with Crippen molar-refractivity contribution in [2.24, 2.45) is 0 Å². The van der Waals surface area contributed by atoms with Crippen molar-refractivity contribution in [2.45, 2.75) is 92.4 Å². The zero-order chi connectivity index (χ0) is 52.7. The van der Waals surface area contributed by atoms with Crippen LogP contribution in [0.4, 0.5) is 0 Å². The number of aryl methyl sites for hydroxylation is 4. The predicted octanol–water partition coefficient (Wildman–Crippen LogP) is 9.61. The summed E-state index contributed by atoms with van der Waals surface area (Å²) in [6.45, 7) is 11.6. The first-order valence-corrected chi connectivity index (χ1v) is 24.9. The van der Waals surface area contributed by atoms with Crippen molar-refractivity contribution in [3.05, 3.63) is 147 Å². The number of ketones is 2. The molecule has 0 amide bonds. The summed E-state index contributed by atoms with van der Waals surface area (Å²) < 4.78 is 35.2. The molecule has 0 aliphatic heterocycles. The van der Waals surface area contributed by atoms with Crippen molar-refractivity contribution in [3.8, 4) is 33.8 Å². The van der Waals surface area contributed by atoms with Crippen LogP contribution in [0.5, 0.6) is 11.5 Å². The third kappa shape index (κ3) is 9.19. The molecule has 0 saturated heterocycles. The molecule has 0 aliphatic carbocycles. The molecule has 10 rings (SSSR count). The van der Waals surface area contributed by atoms with Crippen molar-refractivity contribution in [1.82, 2.24) is 43.4 Å². The Morgan fingerprint density at radius 1 is 0.640 bits per heavy atom. The lowest BCUT2D eigenvalue weighted by atomic mass is 9.99. The van der Waals surface area contributed by atoms with Crippen molar-refractivity contribution in [3.63, 3.8) is 0 Å². The van der Waals surface area contributed by atoms with Gasteiger partial charge in [-0.25, -0.2) is 9.59 Å². The van der Waals surface area contributed by atoms with Crippen LogP contribution in [-0.2, 0) is 27.4 Å². The third-order valence-electron chi connectivity index (χ3n) is 14.1. The molecule has 0 radical (unpaired) electrons. The first-order valence-electron chi connectivity index (χ1n) is 24.9. The second kappa shape index (κ2) is 20.8. The topological polar surface area (TPSA) is 206 Å². The number of hydrogen-bond donors (Lipinski definition) is 0. The van der Waals surface area contributed by atoms with E-state index in [1.807, 2.05) is 102 Å². The normalized spacial score (nSPS) is 12.6. The van der Waals surface area contributed by atoms with Gasteiger partial charge in [0.05, 0.1) is 114 Å². The zero-order valence-electron chi connectivity index (χ0n) is 43.2. The van der Waals surface area contributed by atoms with Crippen LogP contribution < -0.4 is 20.9 Å². The van der Waals surface area contributed by atoms with Crippen LogP contribution in [0.2, 0.25) is 0 Å². The number of ether oxygens (including phenoxy) is 3. The maximum atomic E-state index is 14.5. The Kier molecular flexibility index (Phi) is 13.9. The fourth-order valence-electron chi connectivity index (χ4n) is 10.4. The molecule has 0 saturated carbocycles. The SMILES string of the molecule is COc1cc2c(cc1-c1c(C)coc1C)ncc1c2n([C@H](C)c2ccccn2)c(=O)n1CC(=O)CCCOCCCC(=O)Cn1c(=O)n([C@H](C)c2ccccn2)c2c3cc(OC)c(-c4c(C)noc4C)cc3ncc21. The van der Waals surface area contributed by atoms with Gasteiger partial charge in [0.15, 0.2) is 11.6 Å². The third-order valence-corrected chi connectivity index (χ3v) is 14.1. The number of furan rings is 1. The van der Waals surface area contributed by atoms with Crippen LogP contribution in [0.3, 0.4) is 0 Å². The quantitative estimate of drug-likeness (QED) is 0.0652. The van der Waals surface area contributed by atoms with Gasteiger partial charge < -0.3 is 23.2 Å². The van der Waals surface area contributed by atoms with Crippen LogP contribution in [0, 0.1) is 27.7 Å². The number of pyridine rings is 4. The number of carbonyl (C=O) groups excluding carboxylic acids is 2. The number of rotatable bonds is 20. The van der Waals surface area contributed by atoms with E-state index in [0.29, 0.717) is 91.1 Å². The van der Waals surface area contributed by atoms with E-state index >= 15 is 0 Å². The van der Waals surface area contributed by atoms with Crippen molar-refractivity contribution >= 4 is 55.4 Å². The van der Waals surface area contributed by atoms with E-state index in [4.69, 9.17) is 33.1 Å². The highest BCUT2D eigenvalue weighted by Crippen LogP contribution is 2.42. The standard InChI is InChI=1S/C57H57N9O9/c1-32-31-74-36(5)52(32)42-23-46-40(25-50(42)71-7)54-48(27-60-46)63(56(69)65(54)34(3)44-17-9-11-19-58-44)29-38(67)15-13-21-73-22-14-16-39(68)30-64-49-28-61-47-24-43(53-33(2)62-75-37(53)6)51(72-8)26-41(47)55(49)66(57(64)70)35(4)45-18-10-12-20-59-45/h9-12,17-20,23-28,31,34-35H,13-16,21-22,29-30H2,1-8H3/t34-,35-/m1/s1. The van der Waals surface area contributed by atoms with Gasteiger partial charge in [-0.2, -0.15) is 0 Å². The second-order valence-corrected chi connectivity index (χ2v) is 18.9. The van der Waals surface area contributed by atoms with Gasteiger partial charge in [0.1, 0.15) is 23.0 Å². The summed E-state index contributed by atoms with van der Waals surface area (Å²) in [5, 5.41) is 5.50. The molecule has 2 aromatic carbocycles. The van der Waals surface area contributed by atoms with Crippen LogP contribution in [0.15, 0.2) is 110 Å². The molecule has 384 valence electrons. The number of methoxy groups -OCH3 is 2. The molecule has 0 unspecified atom stereocenters. The van der Waals surface area contributed by atoms with Gasteiger partial charge in [0.2, 0.25) is 0 Å². The minimum absolute atomic E-state index is 0.150. The van der Waals surface area contributed by atoms with Gasteiger partial charge in [-0.1, -0.05) is 17.3 Å². The van der Waals surface area contributed by atoms with Crippen LogP contribution in [0.25, 0.3) is 66.1 Å². The summed E-state index contributed by atoms with van der Waals surface area (Å²) in [5.41, 5.74) is 9.08. The van der Waals surface area contributed by atoms with Crippen molar-refractivity contribution in [1.29, 1.82) is 0 Å². The Bertz CT molecular complexity index is 3630. The number of Topliss-reactive ketones (excluding diaryl/α,β-unsaturated/α-hetero) is 2. The lowest BCUT2D eigenvalue weighted by molar-refractivity contribution is -0.120. The van der Waals surface area contributed by atoms with Gasteiger partial charge in [0.25, 0.3) is 0 Å². The van der Waals surface area contributed by atoms with E-state index < -0.39 is 12.1 Å². The summed E-state index contributed by atoms with van der Waals surface area (Å²) in [5.74, 6) is 2.22. The highest BCUT2D eigenvalue weighted by Gasteiger charge is 2.28. The summed E-state index contributed by atoms with van der Waals surface area (Å²) in [6.07, 6.45) is 9.50. The first-order chi connectivity index (χ1) is 36.3. The van der Waals surface area contributed by atoms with Crippen LogP contribution in [0.1, 0.15) is 85.8 Å². The minimum Gasteiger partial charge on any atom is -0.496 e. The summed E-state index contributed by atoms with van der Waals surface area (Å²) in [4.78, 5) is 75.1. The molecular weight excluding hydrogens is 955 g/mol. The molecule has 0 N–H and O–H groups in total. The molecule has 8 aromatic heterocycles. The molecule has 10 aromatic rings. The van der Waals surface area contributed by atoms with Gasteiger partial charge in [-0.15, -0.1) is 0 Å². The van der Waals surface area contributed by atoms with E-state index in [-0.39, 0.29) is 62.1 Å². The Morgan fingerprint density at radius 3 is 1.55 bits per heavy atom. The number of benzene rings is 2. The zero-order valence-corrected chi connectivity index (χ0v) is 43.2. The molecule has 2 atom stereocenters. The van der Waals surface area contributed by atoms with Gasteiger partial charge in [-0.05, 0) is 108 Å². The second-order valence-electron chi connectivity index (χ2n) is 18.9.